The molecule has 1 aromatic carbocycles. The van der Waals surface area contributed by atoms with Gasteiger partial charge in [-0.2, -0.15) is 0 Å². The molecule has 2 aliphatic heterocycles. The molecule has 4 rings (SSSR count). The van der Waals surface area contributed by atoms with E-state index in [1.54, 1.807) is 6.92 Å². The van der Waals surface area contributed by atoms with Gasteiger partial charge >= 0.3 is 6.03 Å². The maximum atomic E-state index is 13.2. The molecule has 2 saturated heterocycles. The highest BCUT2D eigenvalue weighted by molar-refractivity contribution is 6.07. The number of urea groups is 1. The number of hydrogen-bond acceptors (Lipinski definition) is 3. The van der Waals surface area contributed by atoms with Crippen molar-refractivity contribution in [2.45, 2.75) is 31.3 Å². The zero-order chi connectivity index (χ0) is 20.6. The summed E-state index contributed by atoms with van der Waals surface area (Å²) in [4.78, 5) is 41.1. The van der Waals surface area contributed by atoms with Crippen LogP contribution in [0.3, 0.4) is 0 Å². The molecule has 29 heavy (non-hydrogen) atoms. The fourth-order valence-corrected chi connectivity index (χ4v) is 4.07. The molecule has 2 heterocycles. The number of rotatable bonds is 6. The van der Waals surface area contributed by atoms with Crippen LogP contribution in [0.1, 0.15) is 25.3 Å². The lowest BCUT2D eigenvalue weighted by atomic mass is 9.92. The summed E-state index contributed by atoms with van der Waals surface area (Å²) in [5.41, 5.74) is -0.622. The van der Waals surface area contributed by atoms with Gasteiger partial charge in [-0.1, -0.05) is 12.1 Å². The maximum absolute atomic E-state index is 13.2. The van der Waals surface area contributed by atoms with Crippen LogP contribution in [0.25, 0.3) is 0 Å². The molecule has 3 fully saturated rings. The molecule has 0 radical (unpaired) electrons. The molecule has 8 nitrogen and oxygen atoms in total. The summed E-state index contributed by atoms with van der Waals surface area (Å²) in [6.45, 7) is 5.65. The number of halogens is 1. The van der Waals surface area contributed by atoms with Crippen LogP contribution in [-0.2, 0) is 15.1 Å². The SMILES string of the molecule is C[C@]1(c2ccc(F)cc2)NC(=O)N(C[NH+]2CC[NH+](CC(=O)NC3CC3)CC2)C1=O. The van der Waals surface area contributed by atoms with E-state index in [1.165, 1.54) is 34.1 Å². The van der Waals surface area contributed by atoms with E-state index in [0.29, 0.717) is 24.8 Å². The van der Waals surface area contributed by atoms with Crippen molar-refractivity contribution >= 4 is 17.8 Å². The third-order valence-corrected chi connectivity index (χ3v) is 6.10. The molecule has 0 bridgehead atoms. The van der Waals surface area contributed by atoms with Crippen molar-refractivity contribution in [1.82, 2.24) is 15.5 Å². The van der Waals surface area contributed by atoms with Crippen LogP contribution < -0.4 is 20.4 Å². The zero-order valence-electron chi connectivity index (χ0n) is 16.6. The number of imide groups is 1. The van der Waals surface area contributed by atoms with E-state index in [-0.39, 0.29) is 17.6 Å². The number of quaternary nitrogens is 2. The van der Waals surface area contributed by atoms with Crippen molar-refractivity contribution in [2.75, 3.05) is 39.4 Å². The molecule has 1 atom stereocenters. The Balaban J connectivity index is 1.31. The second-order valence-corrected chi connectivity index (χ2v) is 8.47. The van der Waals surface area contributed by atoms with E-state index in [9.17, 15) is 18.8 Å². The molecule has 0 unspecified atom stereocenters. The number of carbonyl (C=O) groups excluding carboxylic acids is 3. The van der Waals surface area contributed by atoms with Gasteiger partial charge in [0.25, 0.3) is 11.8 Å². The van der Waals surface area contributed by atoms with Gasteiger partial charge in [0, 0.05) is 6.04 Å². The van der Waals surface area contributed by atoms with Crippen molar-refractivity contribution in [1.29, 1.82) is 0 Å². The fraction of sp³-hybridized carbons (Fsp3) is 0.550. The van der Waals surface area contributed by atoms with Crippen LogP contribution in [0, 0.1) is 5.82 Å². The predicted molar refractivity (Wildman–Crippen MR) is 101 cm³/mol. The summed E-state index contributed by atoms with van der Waals surface area (Å²) in [7, 11) is 0. The Morgan fingerprint density at radius 3 is 2.41 bits per heavy atom. The molecule has 4 amide bonds. The van der Waals surface area contributed by atoms with Crippen molar-refractivity contribution in [2.24, 2.45) is 0 Å². The predicted octanol–water partition coefficient (Wildman–Crippen LogP) is -2.39. The molecular weight excluding hydrogens is 377 g/mol. The lowest BCUT2D eigenvalue weighted by molar-refractivity contribution is -1.01. The first-order chi connectivity index (χ1) is 13.8. The number of nitrogens with one attached hydrogen (secondary N) is 4. The number of hydrogen-bond donors (Lipinski definition) is 4. The quantitative estimate of drug-likeness (QED) is 0.399. The smallest absolute Gasteiger partial charge is 0.329 e. The Labute approximate surface area is 169 Å². The minimum atomic E-state index is -1.18. The second-order valence-electron chi connectivity index (χ2n) is 8.47. The van der Waals surface area contributed by atoms with Gasteiger partial charge < -0.3 is 20.4 Å². The number of carbonyl (C=O) groups is 3. The van der Waals surface area contributed by atoms with Crippen LogP contribution in [-0.4, -0.2) is 68.2 Å². The maximum Gasteiger partial charge on any atom is 0.329 e. The van der Waals surface area contributed by atoms with Gasteiger partial charge in [0.2, 0.25) is 0 Å². The first-order valence-electron chi connectivity index (χ1n) is 10.2. The van der Waals surface area contributed by atoms with Gasteiger partial charge in [0.05, 0.1) is 0 Å². The molecule has 0 spiro atoms. The van der Waals surface area contributed by atoms with E-state index in [0.717, 1.165) is 43.9 Å². The molecule has 4 N–H and O–H groups in total. The van der Waals surface area contributed by atoms with Crippen LogP contribution in [0.2, 0.25) is 0 Å². The van der Waals surface area contributed by atoms with Gasteiger partial charge in [0.15, 0.2) is 13.2 Å². The summed E-state index contributed by atoms with van der Waals surface area (Å²) in [5, 5.41) is 5.77. The van der Waals surface area contributed by atoms with Gasteiger partial charge in [-0.15, -0.1) is 0 Å². The molecule has 9 heteroatoms. The molecule has 156 valence electrons. The Hall–Kier alpha value is -2.52. The number of nitrogens with zero attached hydrogens (tertiary/aromatic N) is 1. The van der Waals surface area contributed by atoms with Crippen LogP contribution in [0.5, 0.6) is 0 Å². The normalized spacial score (nSPS) is 29.7. The highest BCUT2D eigenvalue weighted by Gasteiger charge is 2.50. The standard InChI is InChI=1S/C20H26FN5O3/c1-20(14-2-4-15(21)5-3-14)18(28)26(19(29)23-20)13-25-10-8-24(9-11-25)12-17(27)22-16-6-7-16/h2-5,16H,6-13H2,1H3,(H,22,27)(H,23,29)/p+2/t20-/m1/s1. The van der Waals surface area contributed by atoms with Crippen molar-refractivity contribution in [3.63, 3.8) is 0 Å². The topological polar surface area (TPSA) is 87.4 Å². The number of amides is 4. The number of piperazine rings is 1. The van der Waals surface area contributed by atoms with Gasteiger partial charge in [-0.3, -0.25) is 9.59 Å². The molecule has 1 aliphatic carbocycles. The van der Waals surface area contributed by atoms with Crippen molar-refractivity contribution in [3.05, 3.63) is 35.6 Å². The first-order valence-corrected chi connectivity index (χ1v) is 10.2. The largest absolute Gasteiger partial charge is 0.348 e. The van der Waals surface area contributed by atoms with Crippen molar-refractivity contribution in [3.8, 4) is 0 Å². The van der Waals surface area contributed by atoms with Crippen LogP contribution >= 0.6 is 0 Å². The summed E-state index contributed by atoms with van der Waals surface area (Å²) < 4.78 is 13.2. The molecule has 1 saturated carbocycles. The molecular formula is C20H28FN5O3+2. The zero-order valence-corrected chi connectivity index (χ0v) is 16.6. The summed E-state index contributed by atoms with van der Waals surface area (Å²) in [6.07, 6.45) is 2.17. The number of benzene rings is 1. The minimum absolute atomic E-state index is 0.107. The average molecular weight is 405 g/mol. The Kier molecular flexibility index (Phi) is 5.26. The van der Waals surface area contributed by atoms with E-state index in [2.05, 4.69) is 10.6 Å². The van der Waals surface area contributed by atoms with E-state index < -0.39 is 11.6 Å². The van der Waals surface area contributed by atoms with E-state index >= 15 is 0 Å². The fourth-order valence-electron chi connectivity index (χ4n) is 4.07. The van der Waals surface area contributed by atoms with Crippen LogP contribution in [0.4, 0.5) is 9.18 Å². The minimum Gasteiger partial charge on any atom is -0.348 e. The molecule has 1 aromatic rings. The van der Waals surface area contributed by atoms with E-state index in [4.69, 9.17) is 0 Å². The lowest BCUT2D eigenvalue weighted by Crippen LogP contribution is -3.29. The monoisotopic (exact) mass is 405 g/mol. The summed E-state index contributed by atoms with van der Waals surface area (Å²) >= 11 is 0. The Bertz CT molecular complexity index is 805. The van der Waals surface area contributed by atoms with E-state index in [1.807, 2.05) is 0 Å². The molecule has 0 aromatic heterocycles. The summed E-state index contributed by atoms with van der Waals surface area (Å²) in [6, 6.07) is 5.58. The molecule has 3 aliphatic rings. The van der Waals surface area contributed by atoms with Gasteiger partial charge in [-0.05, 0) is 37.5 Å². The highest BCUT2D eigenvalue weighted by atomic mass is 19.1. The second kappa shape index (κ2) is 7.72. The lowest BCUT2D eigenvalue weighted by Gasteiger charge is -2.31. The third kappa shape index (κ3) is 4.25. The Morgan fingerprint density at radius 2 is 1.79 bits per heavy atom. The first kappa shape index (κ1) is 19.8. The van der Waals surface area contributed by atoms with Crippen LogP contribution in [0.15, 0.2) is 24.3 Å². The Morgan fingerprint density at radius 1 is 1.17 bits per heavy atom. The van der Waals surface area contributed by atoms with Gasteiger partial charge in [0.1, 0.15) is 37.5 Å². The van der Waals surface area contributed by atoms with Gasteiger partial charge in [-0.25, -0.2) is 14.1 Å². The highest BCUT2D eigenvalue weighted by Crippen LogP contribution is 2.28. The van der Waals surface area contributed by atoms with Crippen molar-refractivity contribution < 1.29 is 28.6 Å². The average Bonchev–Trinajstić information content (AvgIpc) is 3.47. The third-order valence-electron chi connectivity index (χ3n) is 6.10. The summed E-state index contributed by atoms with van der Waals surface area (Å²) in [5.74, 6) is -0.600.